The fraction of sp³-hybridized carbons (Fsp3) is 0.0833. The molecule has 5 heteroatoms. The number of benzene rings is 1. The number of esters is 1. The highest BCUT2D eigenvalue weighted by Gasteiger charge is 2.10. The number of carbonyl (C=O) groups excluding carboxylic acids is 1. The number of ether oxygens (including phenoxy) is 1. The number of hydrogen-bond acceptors (Lipinski definition) is 2. The Morgan fingerprint density at radius 3 is 2.41 bits per heavy atom. The summed E-state index contributed by atoms with van der Waals surface area (Å²) in [7, 11) is 1.34. The molecule has 0 saturated carbocycles. The van der Waals surface area contributed by atoms with Crippen LogP contribution in [0.5, 0.6) is 0 Å². The fourth-order valence-electron chi connectivity index (χ4n) is 1.53. The summed E-state index contributed by atoms with van der Waals surface area (Å²) in [6.07, 6.45) is 0. The number of nitrogens with zero attached hydrogens (tertiary/aromatic N) is 1. The van der Waals surface area contributed by atoms with Crippen LogP contribution in [0.2, 0.25) is 10.3 Å². The largest absolute Gasteiger partial charge is 0.465 e. The second-order valence-corrected chi connectivity index (χ2v) is 4.13. The van der Waals surface area contributed by atoms with Gasteiger partial charge in [-0.25, -0.2) is 4.79 Å². The maximum Gasteiger partial charge on any atom is 0.337 e. The van der Waals surface area contributed by atoms with Crippen molar-refractivity contribution < 1.29 is 9.53 Å². The van der Waals surface area contributed by atoms with Crippen LogP contribution in [0.3, 0.4) is 0 Å². The lowest BCUT2D eigenvalue weighted by atomic mass is 10.2. The first-order chi connectivity index (χ1) is 8.13. The second kappa shape index (κ2) is 4.82. The van der Waals surface area contributed by atoms with Gasteiger partial charge < -0.3 is 4.74 Å². The van der Waals surface area contributed by atoms with Gasteiger partial charge in [0.2, 0.25) is 0 Å². The molecule has 0 amide bonds. The molecule has 17 heavy (non-hydrogen) atoms. The molecule has 88 valence electrons. The first-order valence-corrected chi connectivity index (χ1v) is 5.60. The molecule has 2 rings (SSSR count). The standard InChI is InChI=1S/C12H9Cl2NO2/c1-17-12(16)8-3-2-4-9(7-8)15-10(13)5-6-11(15)14/h2-7H,1H3. The zero-order valence-electron chi connectivity index (χ0n) is 8.98. The van der Waals surface area contributed by atoms with Gasteiger partial charge in [0.25, 0.3) is 0 Å². The van der Waals surface area contributed by atoms with Gasteiger partial charge in [0.1, 0.15) is 10.3 Å². The number of halogens is 2. The summed E-state index contributed by atoms with van der Waals surface area (Å²) >= 11 is 12.0. The summed E-state index contributed by atoms with van der Waals surface area (Å²) in [4.78, 5) is 11.4. The van der Waals surface area contributed by atoms with Crippen molar-refractivity contribution in [2.24, 2.45) is 0 Å². The van der Waals surface area contributed by atoms with E-state index in [9.17, 15) is 4.79 Å². The maximum absolute atomic E-state index is 11.4. The molecule has 1 heterocycles. The lowest BCUT2D eigenvalue weighted by molar-refractivity contribution is 0.0600. The SMILES string of the molecule is COC(=O)c1cccc(-n2c(Cl)ccc2Cl)c1. The van der Waals surface area contributed by atoms with E-state index in [1.807, 2.05) is 6.07 Å². The molecule has 0 radical (unpaired) electrons. The van der Waals surface area contributed by atoms with Crippen LogP contribution in [0.25, 0.3) is 5.69 Å². The van der Waals surface area contributed by atoms with E-state index in [0.29, 0.717) is 21.6 Å². The van der Waals surface area contributed by atoms with Crippen LogP contribution in [-0.2, 0) is 4.74 Å². The topological polar surface area (TPSA) is 31.2 Å². The lowest BCUT2D eigenvalue weighted by Crippen LogP contribution is -2.03. The van der Waals surface area contributed by atoms with Crippen LogP contribution in [0.15, 0.2) is 36.4 Å². The molecule has 0 fully saturated rings. The molecule has 1 aromatic carbocycles. The van der Waals surface area contributed by atoms with E-state index in [1.165, 1.54) is 7.11 Å². The highest BCUT2D eigenvalue weighted by molar-refractivity contribution is 6.33. The first kappa shape index (κ1) is 12.0. The summed E-state index contributed by atoms with van der Waals surface area (Å²) in [5.74, 6) is -0.397. The zero-order valence-corrected chi connectivity index (χ0v) is 10.5. The minimum absolute atomic E-state index is 0.397. The van der Waals surface area contributed by atoms with E-state index in [1.54, 1.807) is 34.9 Å². The fourth-order valence-corrected chi connectivity index (χ4v) is 2.07. The predicted molar refractivity (Wildman–Crippen MR) is 67.1 cm³/mol. The van der Waals surface area contributed by atoms with Crippen LogP contribution in [0, 0.1) is 0 Å². The minimum atomic E-state index is -0.397. The number of aromatic nitrogens is 1. The van der Waals surface area contributed by atoms with Crippen molar-refractivity contribution >= 4 is 29.2 Å². The normalized spacial score (nSPS) is 10.3. The molecule has 0 aliphatic rings. The van der Waals surface area contributed by atoms with Crippen LogP contribution in [-0.4, -0.2) is 17.6 Å². The molecule has 0 aliphatic heterocycles. The van der Waals surface area contributed by atoms with Crippen molar-refractivity contribution in [2.75, 3.05) is 7.11 Å². The van der Waals surface area contributed by atoms with Gasteiger partial charge in [-0.05, 0) is 30.3 Å². The predicted octanol–water partition coefficient (Wildman–Crippen LogP) is 3.57. The molecule has 0 unspecified atom stereocenters. The van der Waals surface area contributed by atoms with Crippen molar-refractivity contribution in [3.63, 3.8) is 0 Å². The third kappa shape index (κ3) is 2.30. The highest BCUT2D eigenvalue weighted by Crippen LogP contribution is 2.25. The van der Waals surface area contributed by atoms with E-state index < -0.39 is 5.97 Å². The number of methoxy groups -OCH3 is 1. The molecule has 1 aromatic heterocycles. The van der Waals surface area contributed by atoms with E-state index >= 15 is 0 Å². The zero-order chi connectivity index (χ0) is 12.4. The van der Waals surface area contributed by atoms with E-state index in [-0.39, 0.29) is 0 Å². The van der Waals surface area contributed by atoms with Crippen molar-refractivity contribution in [1.82, 2.24) is 4.57 Å². The second-order valence-electron chi connectivity index (χ2n) is 3.36. The molecule has 0 aliphatic carbocycles. The summed E-state index contributed by atoms with van der Waals surface area (Å²) in [6, 6.07) is 10.3. The van der Waals surface area contributed by atoms with Gasteiger partial charge in [-0.1, -0.05) is 29.3 Å². The summed E-state index contributed by atoms with van der Waals surface area (Å²) in [5.41, 5.74) is 1.17. The molecular weight excluding hydrogens is 261 g/mol. The Bertz CT molecular complexity index is 544. The van der Waals surface area contributed by atoms with Crippen molar-refractivity contribution in [3.05, 3.63) is 52.3 Å². The van der Waals surface area contributed by atoms with E-state index in [4.69, 9.17) is 23.2 Å². The summed E-state index contributed by atoms with van der Waals surface area (Å²) in [6.45, 7) is 0. The number of rotatable bonds is 2. The van der Waals surface area contributed by atoms with Crippen LogP contribution >= 0.6 is 23.2 Å². The van der Waals surface area contributed by atoms with Crippen molar-refractivity contribution in [3.8, 4) is 5.69 Å². The quantitative estimate of drug-likeness (QED) is 0.781. The molecule has 0 N–H and O–H groups in total. The molecule has 0 atom stereocenters. The molecule has 0 bridgehead atoms. The van der Waals surface area contributed by atoms with Gasteiger partial charge in [0.05, 0.1) is 12.7 Å². The maximum atomic E-state index is 11.4. The molecular formula is C12H9Cl2NO2. The van der Waals surface area contributed by atoms with Crippen LogP contribution < -0.4 is 0 Å². The van der Waals surface area contributed by atoms with Gasteiger partial charge in [-0.3, -0.25) is 4.57 Å². The molecule has 2 aromatic rings. The molecule has 3 nitrogen and oxygen atoms in total. The smallest absolute Gasteiger partial charge is 0.337 e. The summed E-state index contributed by atoms with van der Waals surface area (Å²) in [5, 5.41) is 0.967. The Balaban J connectivity index is 2.50. The Kier molecular flexibility index (Phi) is 3.41. The number of hydrogen-bond donors (Lipinski definition) is 0. The number of carbonyl (C=O) groups is 1. The Morgan fingerprint density at radius 2 is 1.82 bits per heavy atom. The monoisotopic (exact) mass is 269 g/mol. The lowest BCUT2D eigenvalue weighted by Gasteiger charge is -2.08. The van der Waals surface area contributed by atoms with E-state index in [0.717, 1.165) is 0 Å². The minimum Gasteiger partial charge on any atom is -0.465 e. The Hall–Kier alpha value is -1.45. The Morgan fingerprint density at radius 1 is 1.18 bits per heavy atom. The molecule has 0 spiro atoms. The molecule has 0 saturated heterocycles. The first-order valence-electron chi connectivity index (χ1n) is 4.85. The van der Waals surface area contributed by atoms with Crippen molar-refractivity contribution in [2.45, 2.75) is 0 Å². The summed E-state index contributed by atoms with van der Waals surface area (Å²) < 4.78 is 6.29. The third-order valence-electron chi connectivity index (χ3n) is 2.31. The van der Waals surface area contributed by atoms with Gasteiger partial charge >= 0.3 is 5.97 Å². The average molecular weight is 270 g/mol. The van der Waals surface area contributed by atoms with Gasteiger partial charge in [0, 0.05) is 5.69 Å². The van der Waals surface area contributed by atoms with Gasteiger partial charge in [0.15, 0.2) is 0 Å². The van der Waals surface area contributed by atoms with Crippen LogP contribution in [0.4, 0.5) is 0 Å². The van der Waals surface area contributed by atoms with Gasteiger partial charge in [-0.2, -0.15) is 0 Å². The average Bonchev–Trinajstić information content (AvgIpc) is 2.68. The highest BCUT2D eigenvalue weighted by atomic mass is 35.5. The van der Waals surface area contributed by atoms with Crippen LogP contribution in [0.1, 0.15) is 10.4 Å². The van der Waals surface area contributed by atoms with E-state index in [2.05, 4.69) is 4.74 Å². The van der Waals surface area contributed by atoms with Crippen molar-refractivity contribution in [1.29, 1.82) is 0 Å². The van der Waals surface area contributed by atoms with Gasteiger partial charge in [-0.15, -0.1) is 0 Å². The third-order valence-corrected chi connectivity index (χ3v) is 2.90. The Labute approximate surface area is 109 Å².